The molecule has 2 heterocycles. The van der Waals surface area contributed by atoms with Crippen molar-refractivity contribution in [2.24, 2.45) is 0 Å². The summed E-state index contributed by atoms with van der Waals surface area (Å²) in [6.45, 7) is 1.80. The molecular weight excluding hydrogens is 372 g/mol. The number of aryl methyl sites for hydroxylation is 1. The number of pyridine rings is 1. The minimum absolute atomic E-state index is 0.00837. The van der Waals surface area contributed by atoms with Gasteiger partial charge in [-0.2, -0.15) is 0 Å². The van der Waals surface area contributed by atoms with E-state index in [1.54, 1.807) is 19.2 Å². The Morgan fingerprint density at radius 2 is 2.37 bits per heavy atom. The van der Waals surface area contributed by atoms with Crippen LogP contribution in [-0.2, 0) is 11.2 Å². The van der Waals surface area contributed by atoms with Gasteiger partial charge in [-0.05, 0) is 40.7 Å². The lowest BCUT2D eigenvalue weighted by atomic mass is 10.3. The fraction of sp³-hybridized carbons (Fsp3) is 0.182. The first kappa shape index (κ1) is 14.8. The van der Waals surface area contributed by atoms with Gasteiger partial charge < -0.3 is 5.11 Å². The fourth-order valence-corrected chi connectivity index (χ4v) is 4.15. The monoisotopic (exact) mass is 378 g/mol. The molecule has 100 valence electrons. The van der Waals surface area contributed by atoms with Crippen molar-refractivity contribution in [3.8, 4) is 0 Å². The second-order valence-corrected chi connectivity index (χ2v) is 7.24. The van der Waals surface area contributed by atoms with Crippen LogP contribution in [0.15, 0.2) is 26.1 Å². The van der Waals surface area contributed by atoms with Crippen molar-refractivity contribution in [2.75, 3.05) is 0 Å². The Bertz CT molecular complexity index is 633. The Balaban J connectivity index is 2.21. The van der Waals surface area contributed by atoms with E-state index in [4.69, 9.17) is 16.7 Å². The van der Waals surface area contributed by atoms with Crippen molar-refractivity contribution < 1.29 is 9.90 Å². The van der Waals surface area contributed by atoms with Gasteiger partial charge in [0.25, 0.3) is 0 Å². The quantitative estimate of drug-likeness (QED) is 0.868. The third kappa shape index (κ3) is 3.92. The lowest BCUT2D eigenvalue weighted by Gasteiger charge is -2.00. The molecule has 0 saturated carbocycles. The molecular formula is C11H8BrClN2O2S2. The predicted molar refractivity (Wildman–Crippen MR) is 79.3 cm³/mol. The molecule has 0 aliphatic heterocycles. The number of nitrogens with zero attached hydrogens (tertiary/aromatic N) is 2. The van der Waals surface area contributed by atoms with E-state index in [9.17, 15) is 4.79 Å². The highest BCUT2D eigenvalue weighted by Gasteiger charge is 2.13. The van der Waals surface area contributed by atoms with Gasteiger partial charge in [0.1, 0.15) is 5.03 Å². The number of carboxylic acid groups (broad SMARTS) is 1. The number of hydrogen-bond donors (Lipinski definition) is 1. The second kappa shape index (κ2) is 6.21. The topological polar surface area (TPSA) is 63.1 Å². The summed E-state index contributed by atoms with van der Waals surface area (Å²) < 4.78 is 1.55. The van der Waals surface area contributed by atoms with E-state index in [0.29, 0.717) is 10.0 Å². The van der Waals surface area contributed by atoms with Crippen molar-refractivity contribution in [1.82, 2.24) is 9.97 Å². The molecule has 0 radical (unpaired) electrons. The van der Waals surface area contributed by atoms with Crippen LogP contribution >= 0.6 is 50.6 Å². The van der Waals surface area contributed by atoms with E-state index in [0.717, 1.165) is 19.4 Å². The summed E-state index contributed by atoms with van der Waals surface area (Å²) in [5.74, 6) is -0.858. The van der Waals surface area contributed by atoms with Crippen LogP contribution < -0.4 is 0 Å². The first-order valence-electron chi connectivity index (χ1n) is 5.12. The number of thiazole rings is 1. The summed E-state index contributed by atoms with van der Waals surface area (Å²) in [6, 6.07) is 1.76. The molecule has 2 aromatic heterocycles. The Morgan fingerprint density at radius 1 is 1.63 bits per heavy atom. The summed E-state index contributed by atoms with van der Waals surface area (Å²) in [7, 11) is 0. The van der Waals surface area contributed by atoms with Gasteiger partial charge in [0, 0.05) is 15.5 Å². The number of carboxylic acids is 1. The first-order chi connectivity index (χ1) is 8.95. The Morgan fingerprint density at radius 3 is 3.00 bits per heavy atom. The van der Waals surface area contributed by atoms with E-state index in [1.165, 1.54) is 23.1 Å². The van der Waals surface area contributed by atoms with Crippen molar-refractivity contribution in [3.05, 3.63) is 32.3 Å². The number of hydrogen-bond acceptors (Lipinski definition) is 5. The van der Waals surface area contributed by atoms with Crippen LogP contribution in [0.2, 0.25) is 5.02 Å². The molecule has 2 rings (SSSR count). The van der Waals surface area contributed by atoms with Crippen molar-refractivity contribution in [1.29, 1.82) is 0 Å². The number of carbonyl (C=O) groups is 1. The number of aromatic nitrogens is 2. The van der Waals surface area contributed by atoms with Gasteiger partial charge in [0.05, 0.1) is 17.1 Å². The van der Waals surface area contributed by atoms with Gasteiger partial charge in [-0.25, -0.2) is 9.97 Å². The smallest absolute Gasteiger partial charge is 0.308 e. The number of halogens is 2. The summed E-state index contributed by atoms with van der Waals surface area (Å²) in [6.07, 6.45) is 1.65. The zero-order chi connectivity index (χ0) is 14.0. The number of rotatable bonds is 4. The Labute approximate surface area is 131 Å². The lowest BCUT2D eigenvalue weighted by molar-refractivity contribution is -0.136. The van der Waals surface area contributed by atoms with Crippen molar-refractivity contribution in [3.63, 3.8) is 0 Å². The van der Waals surface area contributed by atoms with Gasteiger partial charge >= 0.3 is 5.97 Å². The lowest BCUT2D eigenvalue weighted by Crippen LogP contribution is -1.99. The Kier molecular flexibility index (Phi) is 4.83. The van der Waals surface area contributed by atoms with Crippen LogP contribution in [0.5, 0.6) is 0 Å². The SMILES string of the molecule is Cc1nc(Sc2ncc(Br)cc2Cl)sc1CC(=O)O. The third-order valence-electron chi connectivity index (χ3n) is 2.14. The average molecular weight is 380 g/mol. The molecule has 2 aromatic rings. The molecule has 0 aromatic carbocycles. The highest BCUT2D eigenvalue weighted by atomic mass is 79.9. The van der Waals surface area contributed by atoms with Crippen molar-refractivity contribution >= 4 is 56.6 Å². The molecule has 0 spiro atoms. The van der Waals surface area contributed by atoms with E-state index in [1.807, 2.05) is 0 Å². The minimum atomic E-state index is -0.858. The molecule has 19 heavy (non-hydrogen) atoms. The molecule has 0 fully saturated rings. The van der Waals surface area contributed by atoms with Crippen molar-refractivity contribution in [2.45, 2.75) is 22.7 Å². The number of aliphatic carboxylic acids is 1. The van der Waals surface area contributed by atoms with Crippen LogP contribution in [0.1, 0.15) is 10.6 Å². The largest absolute Gasteiger partial charge is 0.481 e. The zero-order valence-corrected chi connectivity index (χ0v) is 13.7. The van der Waals surface area contributed by atoms with Gasteiger partial charge in [-0.3, -0.25) is 4.79 Å². The molecule has 0 amide bonds. The van der Waals surface area contributed by atoms with Crippen LogP contribution in [0, 0.1) is 6.92 Å². The third-order valence-corrected chi connectivity index (χ3v) is 5.21. The molecule has 4 nitrogen and oxygen atoms in total. The molecule has 0 unspecified atom stereocenters. The summed E-state index contributed by atoms with van der Waals surface area (Å²) in [5.41, 5.74) is 0.739. The maximum absolute atomic E-state index is 10.7. The fourth-order valence-electron chi connectivity index (χ4n) is 1.31. The van der Waals surface area contributed by atoms with E-state index in [-0.39, 0.29) is 6.42 Å². The maximum atomic E-state index is 10.7. The van der Waals surface area contributed by atoms with Gasteiger partial charge in [0.15, 0.2) is 4.34 Å². The molecule has 1 N–H and O–H groups in total. The average Bonchev–Trinajstić information content (AvgIpc) is 2.62. The molecule has 0 aliphatic rings. The highest BCUT2D eigenvalue weighted by molar-refractivity contribution is 9.10. The van der Waals surface area contributed by atoms with Gasteiger partial charge in [-0.1, -0.05) is 11.6 Å². The van der Waals surface area contributed by atoms with E-state index >= 15 is 0 Å². The van der Waals surface area contributed by atoms with Crippen LogP contribution in [-0.4, -0.2) is 21.0 Å². The van der Waals surface area contributed by atoms with Crippen LogP contribution in [0.3, 0.4) is 0 Å². The van der Waals surface area contributed by atoms with Gasteiger partial charge in [0.2, 0.25) is 0 Å². The second-order valence-electron chi connectivity index (χ2n) is 3.60. The summed E-state index contributed by atoms with van der Waals surface area (Å²) >= 11 is 12.1. The normalized spacial score (nSPS) is 10.7. The van der Waals surface area contributed by atoms with Gasteiger partial charge in [-0.15, -0.1) is 11.3 Å². The summed E-state index contributed by atoms with van der Waals surface area (Å²) in [4.78, 5) is 20.0. The minimum Gasteiger partial charge on any atom is -0.481 e. The standard InChI is InChI=1S/C11H8BrClN2O2S2/c1-5-8(3-9(16)17)18-11(15-5)19-10-7(13)2-6(12)4-14-10/h2,4H,3H2,1H3,(H,16,17). The van der Waals surface area contributed by atoms with Crippen LogP contribution in [0.25, 0.3) is 0 Å². The first-order valence-corrected chi connectivity index (χ1v) is 7.93. The molecule has 0 atom stereocenters. The zero-order valence-electron chi connectivity index (χ0n) is 9.68. The summed E-state index contributed by atoms with van der Waals surface area (Å²) in [5, 5.41) is 9.99. The molecule has 8 heteroatoms. The van der Waals surface area contributed by atoms with E-state index < -0.39 is 5.97 Å². The highest BCUT2D eigenvalue weighted by Crippen LogP contribution is 2.36. The van der Waals surface area contributed by atoms with E-state index in [2.05, 4.69) is 25.9 Å². The maximum Gasteiger partial charge on any atom is 0.308 e. The molecule has 0 bridgehead atoms. The Hall–Kier alpha value is -0.630. The molecule has 0 saturated heterocycles. The predicted octanol–water partition coefficient (Wildman–Crippen LogP) is 4.04. The van der Waals surface area contributed by atoms with Crippen LogP contribution in [0.4, 0.5) is 0 Å². The molecule has 0 aliphatic carbocycles.